The third-order valence-corrected chi connectivity index (χ3v) is 6.02. The summed E-state index contributed by atoms with van der Waals surface area (Å²) in [5.74, 6) is 0. The van der Waals surface area contributed by atoms with Crippen LogP contribution in [0.25, 0.3) is 5.57 Å². The molecule has 2 aliphatic carbocycles. The SMILES string of the molecule is CC.CCc1ccccc1CCc1cc2c(c(C3=CC(C)=CCC=C3)c1)CCC2. The highest BCUT2D eigenvalue weighted by Gasteiger charge is 2.18. The van der Waals surface area contributed by atoms with Crippen LogP contribution in [0, 0.1) is 0 Å². The van der Waals surface area contributed by atoms with Crippen molar-refractivity contribution in [3.63, 3.8) is 0 Å². The van der Waals surface area contributed by atoms with E-state index in [1.807, 2.05) is 13.8 Å². The van der Waals surface area contributed by atoms with Crippen molar-refractivity contribution >= 4 is 5.57 Å². The summed E-state index contributed by atoms with van der Waals surface area (Å²) < 4.78 is 0. The van der Waals surface area contributed by atoms with Crippen LogP contribution in [0.15, 0.2) is 66.3 Å². The van der Waals surface area contributed by atoms with Gasteiger partial charge in [-0.05, 0) is 90.8 Å². The third-order valence-electron chi connectivity index (χ3n) is 6.02. The van der Waals surface area contributed by atoms with Crippen LogP contribution in [0.1, 0.15) is 73.9 Å². The van der Waals surface area contributed by atoms with Crippen LogP contribution in [0.2, 0.25) is 0 Å². The summed E-state index contributed by atoms with van der Waals surface area (Å²) in [6, 6.07) is 13.9. The third kappa shape index (κ3) is 5.18. The first-order chi connectivity index (χ1) is 14.2. The molecule has 0 fully saturated rings. The summed E-state index contributed by atoms with van der Waals surface area (Å²) in [4.78, 5) is 0. The molecule has 0 N–H and O–H groups in total. The predicted octanol–water partition coefficient (Wildman–Crippen LogP) is 7.84. The molecule has 152 valence electrons. The molecule has 0 aromatic heterocycles. The summed E-state index contributed by atoms with van der Waals surface area (Å²) in [5.41, 5.74) is 11.9. The van der Waals surface area contributed by atoms with Crippen LogP contribution in [0.5, 0.6) is 0 Å². The Labute approximate surface area is 178 Å². The van der Waals surface area contributed by atoms with Gasteiger partial charge in [-0.2, -0.15) is 0 Å². The van der Waals surface area contributed by atoms with Gasteiger partial charge in [-0.1, -0.05) is 87.0 Å². The smallest absolute Gasteiger partial charge is 0.0146 e. The summed E-state index contributed by atoms with van der Waals surface area (Å²) in [7, 11) is 0. The lowest BCUT2D eigenvalue weighted by Gasteiger charge is -2.14. The number of allylic oxidation sites excluding steroid dienone is 6. The standard InChI is InChI=1S/C27H30.C2H6/c1-3-22-10-6-7-11-23(22)16-15-21-18-25-13-8-14-26(25)27(19-21)24-12-5-4-9-20(2)17-24;1-2/h5-7,9-12,17-19H,3-4,8,13-16H2,1-2H3;1-2H3. The molecular weight excluding hydrogens is 348 g/mol. The zero-order valence-electron chi connectivity index (χ0n) is 18.7. The first-order valence-corrected chi connectivity index (χ1v) is 11.5. The van der Waals surface area contributed by atoms with Crippen molar-refractivity contribution in [2.75, 3.05) is 0 Å². The van der Waals surface area contributed by atoms with Crippen LogP contribution >= 0.6 is 0 Å². The number of fused-ring (bicyclic) bond motifs is 1. The first-order valence-electron chi connectivity index (χ1n) is 11.5. The molecule has 0 heterocycles. The van der Waals surface area contributed by atoms with Gasteiger partial charge >= 0.3 is 0 Å². The fourth-order valence-corrected chi connectivity index (χ4v) is 4.57. The molecule has 2 aromatic rings. The van der Waals surface area contributed by atoms with E-state index in [9.17, 15) is 0 Å². The molecule has 0 nitrogen and oxygen atoms in total. The number of hydrogen-bond donors (Lipinski definition) is 0. The zero-order chi connectivity index (χ0) is 20.6. The predicted molar refractivity (Wildman–Crippen MR) is 129 cm³/mol. The molecule has 0 spiro atoms. The minimum atomic E-state index is 1.04. The average Bonchev–Trinajstić information content (AvgIpc) is 3.13. The van der Waals surface area contributed by atoms with Crippen molar-refractivity contribution in [1.29, 1.82) is 0 Å². The Bertz CT molecular complexity index is 921. The Morgan fingerprint density at radius 2 is 1.72 bits per heavy atom. The lowest BCUT2D eigenvalue weighted by Crippen LogP contribution is -2.00. The summed E-state index contributed by atoms with van der Waals surface area (Å²) in [6.07, 6.45) is 17.5. The minimum absolute atomic E-state index is 1.04. The van der Waals surface area contributed by atoms with E-state index in [0.29, 0.717) is 0 Å². The van der Waals surface area contributed by atoms with E-state index in [0.717, 1.165) is 25.7 Å². The van der Waals surface area contributed by atoms with Crippen molar-refractivity contribution in [2.24, 2.45) is 0 Å². The molecule has 0 aliphatic heterocycles. The Kier molecular flexibility index (Phi) is 7.69. The van der Waals surface area contributed by atoms with Gasteiger partial charge in [0, 0.05) is 0 Å². The summed E-state index contributed by atoms with van der Waals surface area (Å²) in [5, 5.41) is 0. The maximum atomic E-state index is 2.49. The van der Waals surface area contributed by atoms with Gasteiger partial charge < -0.3 is 0 Å². The van der Waals surface area contributed by atoms with E-state index in [4.69, 9.17) is 0 Å². The maximum Gasteiger partial charge on any atom is -0.0146 e. The molecular formula is C29H36. The molecule has 0 unspecified atom stereocenters. The van der Waals surface area contributed by atoms with Gasteiger partial charge in [-0.3, -0.25) is 0 Å². The van der Waals surface area contributed by atoms with Crippen LogP contribution in [0.3, 0.4) is 0 Å². The normalized spacial score (nSPS) is 15.0. The molecule has 0 heteroatoms. The number of rotatable bonds is 5. The lowest BCUT2D eigenvalue weighted by molar-refractivity contribution is 0.908. The minimum Gasteiger partial charge on any atom is -0.0801 e. The monoisotopic (exact) mass is 384 g/mol. The molecule has 2 aromatic carbocycles. The second kappa shape index (κ2) is 10.4. The van der Waals surface area contributed by atoms with Gasteiger partial charge in [-0.25, -0.2) is 0 Å². The van der Waals surface area contributed by atoms with E-state index in [-0.39, 0.29) is 0 Å². The second-order valence-electron chi connectivity index (χ2n) is 7.94. The van der Waals surface area contributed by atoms with Crippen molar-refractivity contribution in [2.45, 2.75) is 72.6 Å². The van der Waals surface area contributed by atoms with Gasteiger partial charge in [0.05, 0.1) is 0 Å². The molecule has 0 radical (unpaired) electrons. The van der Waals surface area contributed by atoms with Gasteiger partial charge in [0.15, 0.2) is 0 Å². The van der Waals surface area contributed by atoms with Gasteiger partial charge in [-0.15, -0.1) is 0 Å². The Hall–Kier alpha value is -2.34. The summed E-state index contributed by atoms with van der Waals surface area (Å²) in [6.45, 7) is 8.48. The Balaban J connectivity index is 0.00000117. The van der Waals surface area contributed by atoms with Gasteiger partial charge in [0.25, 0.3) is 0 Å². The first kappa shape index (κ1) is 21.4. The van der Waals surface area contributed by atoms with Gasteiger partial charge in [0.1, 0.15) is 0 Å². The molecule has 0 saturated carbocycles. The average molecular weight is 385 g/mol. The van der Waals surface area contributed by atoms with Crippen molar-refractivity contribution in [3.8, 4) is 0 Å². The van der Waals surface area contributed by atoms with Crippen LogP contribution < -0.4 is 0 Å². The van der Waals surface area contributed by atoms with Crippen LogP contribution in [-0.4, -0.2) is 0 Å². The van der Waals surface area contributed by atoms with Gasteiger partial charge in [0.2, 0.25) is 0 Å². The number of hydrogen-bond acceptors (Lipinski definition) is 0. The molecule has 2 aliphatic rings. The molecule has 29 heavy (non-hydrogen) atoms. The maximum absolute atomic E-state index is 2.49. The summed E-state index contributed by atoms with van der Waals surface area (Å²) >= 11 is 0. The fourth-order valence-electron chi connectivity index (χ4n) is 4.57. The highest BCUT2D eigenvalue weighted by Crippen LogP contribution is 2.33. The highest BCUT2D eigenvalue weighted by molar-refractivity contribution is 5.79. The van der Waals surface area contributed by atoms with E-state index >= 15 is 0 Å². The van der Waals surface area contributed by atoms with E-state index in [1.54, 1.807) is 11.1 Å². The topological polar surface area (TPSA) is 0 Å². The number of benzene rings is 2. The quantitative estimate of drug-likeness (QED) is 0.492. The Morgan fingerprint density at radius 1 is 0.931 bits per heavy atom. The Morgan fingerprint density at radius 3 is 2.52 bits per heavy atom. The van der Waals surface area contributed by atoms with E-state index < -0.39 is 0 Å². The number of aryl methyl sites for hydroxylation is 4. The largest absolute Gasteiger partial charge is 0.0801 e. The van der Waals surface area contributed by atoms with E-state index in [1.165, 1.54) is 52.7 Å². The molecule has 0 saturated heterocycles. The second-order valence-corrected chi connectivity index (χ2v) is 7.94. The molecule has 0 atom stereocenters. The van der Waals surface area contributed by atoms with Crippen molar-refractivity contribution in [3.05, 3.63) is 99.7 Å². The fraction of sp³-hybridized carbons (Fsp3) is 0.379. The molecule has 0 bridgehead atoms. The zero-order valence-corrected chi connectivity index (χ0v) is 18.7. The van der Waals surface area contributed by atoms with E-state index in [2.05, 4.69) is 74.5 Å². The molecule has 0 amide bonds. The van der Waals surface area contributed by atoms with Crippen molar-refractivity contribution < 1.29 is 0 Å². The van der Waals surface area contributed by atoms with Crippen LogP contribution in [0.4, 0.5) is 0 Å². The lowest BCUT2D eigenvalue weighted by atomic mass is 9.90. The van der Waals surface area contributed by atoms with Crippen molar-refractivity contribution in [1.82, 2.24) is 0 Å². The molecule has 4 rings (SSSR count). The van der Waals surface area contributed by atoms with Crippen LogP contribution in [-0.2, 0) is 32.1 Å². The highest BCUT2D eigenvalue weighted by atomic mass is 14.2.